The number of sulfonamides is 1. The van der Waals surface area contributed by atoms with Gasteiger partial charge in [0.1, 0.15) is 22.0 Å². The molecule has 1 aliphatic rings. The number of halogens is 1. The molecule has 0 atom stereocenters. The van der Waals surface area contributed by atoms with Crippen LogP contribution >= 0.6 is 12.4 Å². The molecule has 148 valence electrons. The maximum Gasteiger partial charge on any atom is 0.342 e. The lowest BCUT2D eigenvalue weighted by molar-refractivity contribution is -0.131. The summed E-state index contributed by atoms with van der Waals surface area (Å²) in [6, 6.07) is 0. The van der Waals surface area contributed by atoms with E-state index in [-0.39, 0.29) is 59.9 Å². The van der Waals surface area contributed by atoms with Crippen LogP contribution in [0.15, 0.2) is 9.31 Å². The monoisotopic (exact) mass is 409 g/mol. The normalized spacial score (nSPS) is 15.5. The number of furan rings is 1. The molecule has 26 heavy (non-hydrogen) atoms. The maximum atomic E-state index is 13.0. The van der Waals surface area contributed by atoms with Gasteiger partial charge in [0.25, 0.3) is 0 Å². The molecular formula is C15H24ClN3O6S. The number of nitrogens with one attached hydrogen (secondary N) is 1. The van der Waals surface area contributed by atoms with Crippen molar-refractivity contribution in [2.45, 2.75) is 18.7 Å². The number of carbonyl (C=O) groups is 2. The summed E-state index contributed by atoms with van der Waals surface area (Å²) < 4.78 is 37.3. The van der Waals surface area contributed by atoms with Gasteiger partial charge in [0.05, 0.1) is 13.7 Å². The third kappa shape index (κ3) is 4.20. The Morgan fingerprint density at radius 2 is 1.73 bits per heavy atom. The Morgan fingerprint density at radius 3 is 2.23 bits per heavy atom. The van der Waals surface area contributed by atoms with Crippen molar-refractivity contribution in [3.63, 3.8) is 0 Å². The number of hydrogen-bond donors (Lipinski definition) is 1. The van der Waals surface area contributed by atoms with Crippen LogP contribution in [0, 0.1) is 13.8 Å². The van der Waals surface area contributed by atoms with E-state index in [1.165, 1.54) is 25.3 Å². The Morgan fingerprint density at radius 1 is 1.15 bits per heavy atom. The van der Waals surface area contributed by atoms with Gasteiger partial charge < -0.3 is 19.4 Å². The van der Waals surface area contributed by atoms with Gasteiger partial charge in [-0.3, -0.25) is 4.79 Å². The Kier molecular flexibility index (Phi) is 7.63. The van der Waals surface area contributed by atoms with Crippen LogP contribution in [0.2, 0.25) is 0 Å². The van der Waals surface area contributed by atoms with Gasteiger partial charge in [0.15, 0.2) is 0 Å². The molecule has 1 aromatic rings. The van der Waals surface area contributed by atoms with Gasteiger partial charge in [0, 0.05) is 26.2 Å². The van der Waals surface area contributed by atoms with E-state index in [0.29, 0.717) is 13.1 Å². The highest BCUT2D eigenvalue weighted by atomic mass is 35.5. The van der Waals surface area contributed by atoms with Crippen molar-refractivity contribution >= 4 is 34.3 Å². The summed E-state index contributed by atoms with van der Waals surface area (Å²) in [6.07, 6.45) is 0. The smallest absolute Gasteiger partial charge is 0.342 e. The quantitative estimate of drug-likeness (QED) is 0.689. The maximum absolute atomic E-state index is 13.0. The van der Waals surface area contributed by atoms with E-state index < -0.39 is 16.0 Å². The predicted molar refractivity (Wildman–Crippen MR) is 96.0 cm³/mol. The third-order valence-corrected chi connectivity index (χ3v) is 6.16. The minimum Gasteiger partial charge on any atom is -0.465 e. The third-order valence-electron chi connectivity index (χ3n) is 4.11. The second-order valence-electron chi connectivity index (χ2n) is 5.73. The summed E-state index contributed by atoms with van der Waals surface area (Å²) >= 11 is 0. The summed E-state index contributed by atoms with van der Waals surface area (Å²) in [5.74, 6) is -0.488. The molecule has 1 aliphatic heterocycles. The first kappa shape index (κ1) is 22.4. The van der Waals surface area contributed by atoms with Gasteiger partial charge in [-0.05, 0) is 20.9 Å². The highest BCUT2D eigenvalue weighted by Gasteiger charge is 2.37. The topological polar surface area (TPSA) is 109 Å². The molecule has 1 fully saturated rings. The number of hydrogen-bond acceptors (Lipinski definition) is 7. The van der Waals surface area contributed by atoms with Crippen molar-refractivity contribution < 1.29 is 27.2 Å². The van der Waals surface area contributed by atoms with Gasteiger partial charge in [0.2, 0.25) is 15.9 Å². The van der Waals surface area contributed by atoms with Crippen LogP contribution < -0.4 is 5.32 Å². The first-order chi connectivity index (χ1) is 11.7. The number of methoxy groups -OCH3 is 1. The molecule has 9 nitrogen and oxygen atoms in total. The van der Waals surface area contributed by atoms with Crippen LogP contribution in [0.5, 0.6) is 0 Å². The number of ether oxygens (including phenoxy) is 1. The minimum atomic E-state index is -3.93. The molecule has 0 aliphatic carbocycles. The number of piperazine rings is 1. The van der Waals surface area contributed by atoms with Crippen LogP contribution in [-0.4, -0.2) is 76.4 Å². The number of esters is 1. The summed E-state index contributed by atoms with van der Waals surface area (Å²) in [5, 5.41) is 2.78. The zero-order valence-electron chi connectivity index (χ0n) is 15.2. The molecule has 0 radical (unpaired) electrons. The number of likely N-dealkylation sites (N-methyl/N-ethyl adjacent to an activating group) is 1. The summed E-state index contributed by atoms with van der Waals surface area (Å²) in [4.78, 5) is 25.3. The lowest BCUT2D eigenvalue weighted by Gasteiger charge is -2.34. The first-order valence-corrected chi connectivity index (χ1v) is 9.28. The molecule has 0 unspecified atom stereocenters. The molecule has 1 N–H and O–H groups in total. The molecule has 0 saturated carbocycles. The molecule has 2 rings (SSSR count). The van der Waals surface area contributed by atoms with E-state index >= 15 is 0 Å². The number of nitrogens with zero attached hydrogens (tertiary/aromatic N) is 2. The van der Waals surface area contributed by atoms with Crippen molar-refractivity contribution in [2.75, 3.05) is 46.9 Å². The molecule has 1 aromatic heterocycles. The highest BCUT2D eigenvalue weighted by molar-refractivity contribution is 7.89. The van der Waals surface area contributed by atoms with Gasteiger partial charge in [-0.15, -0.1) is 12.4 Å². The molecule has 0 bridgehead atoms. The summed E-state index contributed by atoms with van der Waals surface area (Å²) in [5.41, 5.74) is -0.0753. The number of aryl methyl sites for hydroxylation is 2. The average Bonchev–Trinajstić information content (AvgIpc) is 2.89. The summed E-state index contributed by atoms with van der Waals surface area (Å²) in [7, 11) is -1.07. The Labute approximate surface area is 159 Å². The highest BCUT2D eigenvalue weighted by Crippen LogP contribution is 2.30. The predicted octanol–water partition coefficient (Wildman–Crippen LogP) is 0.157. The van der Waals surface area contributed by atoms with Crippen LogP contribution in [0.4, 0.5) is 0 Å². The van der Waals surface area contributed by atoms with E-state index in [1.807, 2.05) is 0 Å². The standard InChI is InChI=1S/C15H23N3O6S.ClH/c1-10-13(15(20)23-4)14(11(2)24-10)25(21,22)18-7-5-17(6-8-18)12(19)9-16-3;/h16H,5-9H2,1-4H3;1H. The fraction of sp³-hybridized carbons (Fsp3) is 0.600. The van der Waals surface area contributed by atoms with Crippen molar-refractivity contribution in [1.29, 1.82) is 0 Å². The number of amides is 1. The Hall–Kier alpha value is -1.62. The van der Waals surface area contributed by atoms with E-state index in [1.54, 1.807) is 11.9 Å². The molecule has 2 heterocycles. The second kappa shape index (κ2) is 8.85. The lowest BCUT2D eigenvalue weighted by atomic mass is 10.2. The van der Waals surface area contributed by atoms with Gasteiger partial charge in [-0.1, -0.05) is 0 Å². The second-order valence-corrected chi connectivity index (χ2v) is 7.60. The largest absolute Gasteiger partial charge is 0.465 e. The van der Waals surface area contributed by atoms with E-state index in [4.69, 9.17) is 4.42 Å². The molecule has 0 spiro atoms. The van der Waals surface area contributed by atoms with E-state index in [2.05, 4.69) is 10.1 Å². The molecule has 1 saturated heterocycles. The van der Waals surface area contributed by atoms with Crippen molar-refractivity contribution in [2.24, 2.45) is 0 Å². The van der Waals surface area contributed by atoms with Crippen molar-refractivity contribution in [1.82, 2.24) is 14.5 Å². The van der Waals surface area contributed by atoms with Crippen LogP contribution in [0.1, 0.15) is 21.9 Å². The van der Waals surface area contributed by atoms with Crippen LogP contribution in [0.25, 0.3) is 0 Å². The lowest BCUT2D eigenvalue weighted by Crippen LogP contribution is -2.52. The Bertz CT molecular complexity index is 769. The fourth-order valence-electron chi connectivity index (χ4n) is 2.88. The molecule has 0 aromatic carbocycles. The van der Waals surface area contributed by atoms with Crippen LogP contribution in [-0.2, 0) is 19.6 Å². The molecular weight excluding hydrogens is 386 g/mol. The van der Waals surface area contributed by atoms with E-state index in [9.17, 15) is 18.0 Å². The molecule has 1 amide bonds. The van der Waals surface area contributed by atoms with Crippen molar-refractivity contribution in [3.8, 4) is 0 Å². The summed E-state index contributed by atoms with van der Waals surface area (Å²) in [6.45, 7) is 4.13. The van der Waals surface area contributed by atoms with E-state index in [0.717, 1.165) is 0 Å². The van der Waals surface area contributed by atoms with Gasteiger partial charge in [-0.25, -0.2) is 13.2 Å². The van der Waals surface area contributed by atoms with Gasteiger partial charge in [-0.2, -0.15) is 4.31 Å². The first-order valence-electron chi connectivity index (χ1n) is 7.84. The zero-order chi connectivity index (χ0) is 18.8. The SMILES string of the molecule is CNCC(=O)N1CCN(S(=O)(=O)c2c(C)oc(C)c2C(=O)OC)CC1.Cl. The average molecular weight is 410 g/mol. The zero-order valence-corrected chi connectivity index (χ0v) is 16.8. The fourth-order valence-corrected chi connectivity index (χ4v) is 4.67. The Balaban J connectivity index is 0.00000338. The minimum absolute atomic E-state index is 0. The number of carbonyl (C=O) groups excluding carboxylic acids is 2. The number of rotatable bonds is 5. The van der Waals surface area contributed by atoms with Crippen molar-refractivity contribution in [3.05, 3.63) is 17.1 Å². The molecule has 11 heteroatoms. The van der Waals surface area contributed by atoms with Gasteiger partial charge >= 0.3 is 5.97 Å². The van der Waals surface area contributed by atoms with Crippen LogP contribution in [0.3, 0.4) is 0 Å².